The van der Waals surface area contributed by atoms with Crippen LogP contribution < -0.4 is 15.9 Å². The zero-order valence-corrected chi connectivity index (χ0v) is 17.3. The molecule has 29 heavy (non-hydrogen) atoms. The maximum atomic E-state index is 6.11. The summed E-state index contributed by atoms with van der Waals surface area (Å²) < 4.78 is 6.11. The van der Waals surface area contributed by atoms with E-state index in [1.54, 1.807) is 0 Å². The van der Waals surface area contributed by atoms with Crippen molar-refractivity contribution in [3.05, 3.63) is 127 Å². The molecule has 0 aliphatic heterocycles. The lowest BCUT2D eigenvalue weighted by Crippen LogP contribution is -2.27. The molecule has 1 nitrogen and oxygen atoms in total. The Kier molecular flexibility index (Phi) is 6.42. The third-order valence-corrected chi connectivity index (χ3v) is 9.10. The van der Waals surface area contributed by atoms with E-state index >= 15 is 0 Å². The van der Waals surface area contributed by atoms with E-state index in [-0.39, 0.29) is 0 Å². The number of rotatable bonds is 7. The Labute approximate surface area is 173 Å². The lowest BCUT2D eigenvalue weighted by molar-refractivity contribution is 0.161. The SMILES string of the molecule is C(COCc1ccccc1)=P(c1ccccc1)(c1ccccc1)c1ccccc1. The molecule has 144 valence electrons. The molecular formula is C27H25OP. The highest BCUT2D eigenvalue weighted by molar-refractivity contribution is 7.94. The van der Waals surface area contributed by atoms with Gasteiger partial charge in [-0.2, -0.15) is 0 Å². The van der Waals surface area contributed by atoms with Gasteiger partial charge < -0.3 is 4.74 Å². The van der Waals surface area contributed by atoms with Gasteiger partial charge in [0.25, 0.3) is 0 Å². The standard InChI is InChI=1S/C27H25OP/c1-5-13-24(14-6-1)23-28-21-22-29(25-15-7-2-8-16-25,26-17-9-3-10-18-26)27-19-11-4-12-20-27/h1-20,22H,21,23H2. The van der Waals surface area contributed by atoms with E-state index in [9.17, 15) is 0 Å². The van der Waals surface area contributed by atoms with Gasteiger partial charge in [0.1, 0.15) is 0 Å². The Bertz CT molecular complexity index is 955. The zero-order chi connectivity index (χ0) is 19.8. The number of ether oxygens (including phenoxy) is 1. The molecule has 0 radical (unpaired) electrons. The van der Waals surface area contributed by atoms with Crippen molar-refractivity contribution in [2.45, 2.75) is 6.61 Å². The maximum absolute atomic E-state index is 6.11. The highest BCUT2D eigenvalue weighted by Gasteiger charge is 2.24. The van der Waals surface area contributed by atoms with Crippen LogP contribution in [0.2, 0.25) is 0 Å². The smallest absolute Gasteiger partial charge is 0.0721 e. The van der Waals surface area contributed by atoms with E-state index in [0.29, 0.717) is 13.2 Å². The lowest BCUT2D eigenvalue weighted by atomic mass is 10.2. The number of benzene rings is 4. The summed E-state index contributed by atoms with van der Waals surface area (Å²) in [4.78, 5) is 0. The van der Waals surface area contributed by atoms with E-state index < -0.39 is 6.89 Å². The van der Waals surface area contributed by atoms with Crippen molar-refractivity contribution in [3.8, 4) is 0 Å². The topological polar surface area (TPSA) is 9.23 Å². The molecule has 0 aliphatic rings. The summed E-state index contributed by atoms with van der Waals surface area (Å²) >= 11 is 0. The molecule has 0 amide bonds. The second-order valence-corrected chi connectivity index (χ2v) is 10.3. The molecular weight excluding hydrogens is 371 g/mol. The van der Waals surface area contributed by atoms with Crippen LogP contribution in [0, 0.1) is 0 Å². The number of hydrogen-bond donors (Lipinski definition) is 0. The van der Waals surface area contributed by atoms with Gasteiger partial charge in [-0.3, -0.25) is 0 Å². The Morgan fingerprint density at radius 1 is 0.517 bits per heavy atom. The number of hydrogen-bond acceptors (Lipinski definition) is 1. The first-order valence-electron chi connectivity index (χ1n) is 9.91. The molecule has 0 heterocycles. The minimum Gasteiger partial charge on any atom is -0.373 e. The van der Waals surface area contributed by atoms with Crippen LogP contribution >= 0.6 is 6.89 Å². The molecule has 2 heteroatoms. The third kappa shape index (κ3) is 4.43. The van der Waals surface area contributed by atoms with E-state index in [1.165, 1.54) is 21.5 Å². The van der Waals surface area contributed by atoms with E-state index in [2.05, 4.69) is 121 Å². The largest absolute Gasteiger partial charge is 0.373 e. The van der Waals surface area contributed by atoms with Crippen LogP contribution in [-0.2, 0) is 11.3 Å². The van der Waals surface area contributed by atoms with Crippen LogP contribution in [0.1, 0.15) is 5.56 Å². The molecule has 0 unspecified atom stereocenters. The highest BCUT2D eigenvalue weighted by Crippen LogP contribution is 2.43. The van der Waals surface area contributed by atoms with Crippen molar-refractivity contribution in [1.29, 1.82) is 0 Å². The molecule has 4 aromatic carbocycles. The van der Waals surface area contributed by atoms with Gasteiger partial charge in [-0.15, -0.1) is 0 Å². The average Bonchev–Trinajstić information content (AvgIpc) is 2.82. The molecule has 0 atom stereocenters. The second kappa shape index (κ2) is 9.56. The monoisotopic (exact) mass is 396 g/mol. The zero-order valence-electron chi connectivity index (χ0n) is 16.4. The Hall–Kier alpha value is -2.86. The minimum absolute atomic E-state index is 0.599. The molecule has 0 N–H and O–H groups in total. The Balaban J connectivity index is 1.79. The van der Waals surface area contributed by atoms with Crippen molar-refractivity contribution < 1.29 is 4.74 Å². The quantitative estimate of drug-likeness (QED) is 0.316. The fourth-order valence-corrected chi connectivity index (χ4v) is 7.45. The van der Waals surface area contributed by atoms with Crippen LogP contribution in [-0.4, -0.2) is 12.4 Å². The van der Waals surface area contributed by atoms with Gasteiger partial charge in [0.2, 0.25) is 0 Å². The van der Waals surface area contributed by atoms with E-state index in [1.807, 2.05) is 6.07 Å². The summed E-state index contributed by atoms with van der Waals surface area (Å²) in [5, 5.41) is 4.04. The van der Waals surface area contributed by atoms with Gasteiger partial charge in [0.15, 0.2) is 0 Å². The lowest BCUT2D eigenvalue weighted by Gasteiger charge is -2.28. The Morgan fingerprint density at radius 3 is 1.31 bits per heavy atom. The molecule has 4 rings (SSSR count). The summed E-state index contributed by atoms with van der Waals surface area (Å²) in [5.41, 5.74) is 1.20. The van der Waals surface area contributed by atoms with Gasteiger partial charge in [0, 0.05) is 0 Å². The van der Waals surface area contributed by atoms with Crippen molar-refractivity contribution in [3.63, 3.8) is 0 Å². The molecule has 0 saturated heterocycles. The molecule has 0 saturated carbocycles. The van der Waals surface area contributed by atoms with Crippen molar-refractivity contribution in [1.82, 2.24) is 0 Å². The van der Waals surface area contributed by atoms with Crippen LogP contribution in [0.25, 0.3) is 0 Å². The summed E-state index contributed by atoms with van der Waals surface area (Å²) in [7, 11) is 0. The minimum atomic E-state index is -1.92. The van der Waals surface area contributed by atoms with Gasteiger partial charge >= 0.3 is 0 Å². The maximum Gasteiger partial charge on any atom is 0.0721 e. The molecule has 0 bridgehead atoms. The van der Waals surface area contributed by atoms with Crippen LogP contribution in [0.4, 0.5) is 0 Å². The predicted octanol–water partition coefficient (Wildman–Crippen LogP) is 5.00. The second-order valence-electron chi connectivity index (χ2n) is 6.91. The van der Waals surface area contributed by atoms with Gasteiger partial charge in [0.05, 0.1) is 13.2 Å². The first-order valence-corrected chi connectivity index (χ1v) is 11.8. The van der Waals surface area contributed by atoms with Gasteiger partial charge in [-0.05, 0) is 34.2 Å². The first-order chi connectivity index (χ1) is 14.4. The average molecular weight is 396 g/mol. The molecule has 0 aliphatic carbocycles. The summed E-state index contributed by atoms with van der Waals surface area (Å²) in [5.74, 6) is 2.41. The van der Waals surface area contributed by atoms with Crippen molar-refractivity contribution in [2.24, 2.45) is 0 Å². The third-order valence-electron chi connectivity index (χ3n) is 5.07. The Morgan fingerprint density at radius 2 is 0.897 bits per heavy atom. The molecule has 0 spiro atoms. The first kappa shape index (κ1) is 19.5. The van der Waals surface area contributed by atoms with E-state index in [4.69, 9.17) is 4.74 Å². The van der Waals surface area contributed by atoms with Crippen LogP contribution in [0.3, 0.4) is 0 Å². The van der Waals surface area contributed by atoms with Crippen molar-refractivity contribution >= 4 is 28.6 Å². The predicted molar refractivity (Wildman–Crippen MR) is 127 cm³/mol. The summed E-state index contributed by atoms with van der Waals surface area (Å²) in [6, 6.07) is 42.9. The van der Waals surface area contributed by atoms with E-state index in [0.717, 1.165) is 0 Å². The van der Waals surface area contributed by atoms with Crippen molar-refractivity contribution in [2.75, 3.05) is 6.61 Å². The van der Waals surface area contributed by atoms with Crippen LogP contribution in [0.15, 0.2) is 121 Å². The molecule has 0 aromatic heterocycles. The molecule has 4 aromatic rings. The normalized spacial score (nSPS) is 11.2. The molecule has 0 fully saturated rings. The fraction of sp³-hybridized carbons (Fsp3) is 0.0741. The summed E-state index contributed by atoms with van der Waals surface area (Å²) in [6.07, 6.45) is 0. The fourth-order valence-electron chi connectivity index (χ4n) is 3.67. The summed E-state index contributed by atoms with van der Waals surface area (Å²) in [6.45, 7) is -0.705. The highest BCUT2D eigenvalue weighted by atomic mass is 31.2. The van der Waals surface area contributed by atoms with Gasteiger partial charge in [-0.1, -0.05) is 121 Å². The van der Waals surface area contributed by atoms with Gasteiger partial charge in [-0.25, -0.2) is 0 Å². The van der Waals surface area contributed by atoms with Crippen LogP contribution in [0.5, 0.6) is 0 Å².